The van der Waals surface area contributed by atoms with Crippen LogP contribution in [-0.4, -0.2) is 7.11 Å². The molecule has 0 aromatic heterocycles. The first-order valence-electron chi connectivity index (χ1n) is 3.52. The van der Waals surface area contributed by atoms with E-state index in [0.717, 1.165) is 5.56 Å². The van der Waals surface area contributed by atoms with Crippen LogP contribution in [-0.2, 0) is 4.74 Å². The van der Waals surface area contributed by atoms with Crippen molar-refractivity contribution in [3.05, 3.63) is 35.9 Å². The quantitative estimate of drug-likeness (QED) is 0.519. The predicted octanol–water partition coefficient (Wildman–Crippen LogP) is 1.65. The molecule has 0 radical (unpaired) electrons. The van der Waals surface area contributed by atoms with Crippen LogP contribution in [0.25, 0.3) is 0 Å². The zero-order valence-electron chi connectivity index (χ0n) is 6.79. The summed E-state index contributed by atoms with van der Waals surface area (Å²) < 4.78 is 4.52. The summed E-state index contributed by atoms with van der Waals surface area (Å²) in [7, 11) is 1.51. The summed E-state index contributed by atoms with van der Waals surface area (Å²) in [5, 5.41) is 0. The van der Waals surface area contributed by atoms with Crippen molar-refractivity contribution in [1.82, 2.24) is 0 Å². The van der Waals surface area contributed by atoms with Gasteiger partial charge in [-0.1, -0.05) is 24.1 Å². The highest BCUT2D eigenvalue weighted by molar-refractivity contribution is 5.38. The molecule has 0 saturated carbocycles. The van der Waals surface area contributed by atoms with E-state index in [9.17, 15) is 0 Å². The van der Waals surface area contributed by atoms with Crippen LogP contribution in [0.15, 0.2) is 30.3 Å². The molecule has 0 spiro atoms. The van der Waals surface area contributed by atoms with E-state index in [0.29, 0.717) is 0 Å². The summed E-state index contributed by atoms with van der Waals surface area (Å²) in [6, 6.07) is 9.69. The number of ether oxygens (including phenoxy) is 1. The Balaban J connectivity index is 2.67. The lowest BCUT2D eigenvalue weighted by molar-refractivity contribution is 0.372. The summed E-state index contributed by atoms with van der Waals surface area (Å²) in [6.45, 7) is 0. The molecule has 0 N–H and O–H groups in total. The van der Waals surface area contributed by atoms with Crippen molar-refractivity contribution in [2.45, 2.75) is 0 Å². The van der Waals surface area contributed by atoms with Crippen molar-refractivity contribution >= 4 is 0 Å². The molecule has 1 aromatic carbocycles. The minimum atomic E-state index is 0.961. The number of hydrogen-bond donors (Lipinski definition) is 0. The highest BCUT2D eigenvalue weighted by atomic mass is 16.5. The molecule has 1 nitrogen and oxygen atoms in total. The Morgan fingerprint density at radius 1 is 1.08 bits per heavy atom. The Kier molecular flexibility index (Phi) is 3.35. The molecule has 0 fully saturated rings. The Morgan fingerprint density at radius 3 is 2.50 bits per heavy atom. The van der Waals surface area contributed by atoms with E-state index < -0.39 is 0 Å². The molecule has 0 aliphatic carbocycles. The number of rotatable bonds is 0. The minimum absolute atomic E-state index is 0.961. The van der Waals surface area contributed by atoms with E-state index in [1.54, 1.807) is 0 Å². The number of benzene rings is 1. The highest BCUT2D eigenvalue weighted by Crippen LogP contribution is 1.93. The molecular formula is C11H8O. The van der Waals surface area contributed by atoms with E-state index in [-0.39, 0.29) is 0 Å². The fraction of sp³-hybridized carbons (Fsp3) is 0.0909. The molecule has 12 heavy (non-hydrogen) atoms. The Labute approximate surface area is 72.4 Å². The summed E-state index contributed by atoms with van der Waals surface area (Å²) in [6.07, 6.45) is 2.39. The second-order valence-corrected chi connectivity index (χ2v) is 2.05. The molecule has 58 valence electrons. The van der Waals surface area contributed by atoms with Gasteiger partial charge >= 0.3 is 0 Å². The Hall–Kier alpha value is -1.86. The predicted molar refractivity (Wildman–Crippen MR) is 48.1 cm³/mol. The molecule has 1 aromatic rings. The highest BCUT2D eigenvalue weighted by Gasteiger charge is 1.78. The maximum atomic E-state index is 4.52. The normalized spacial score (nSPS) is 7.08. The van der Waals surface area contributed by atoms with E-state index in [1.807, 2.05) is 30.3 Å². The fourth-order valence-electron chi connectivity index (χ4n) is 0.701. The largest absolute Gasteiger partial charge is 0.449 e. The van der Waals surface area contributed by atoms with E-state index in [4.69, 9.17) is 0 Å². The van der Waals surface area contributed by atoms with Gasteiger partial charge in [-0.05, 0) is 18.1 Å². The smallest absolute Gasteiger partial charge is 0.124 e. The van der Waals surface area contributed by atoms with Gasteiger partial charge in [0, 0.05) is 11.5 Å². The van der Waals surface area contributed by atoms with Gasteiger partial charge in [-0.2, -0.15) is 0 Å². The first kappa shape index (κ1) is 8.24. The number of methoxy groups -OCH3 is 1. The van der Waals surface area contributed by atoms with Gasteiger partial charge in [0.05, 0.1) is 7.11 Å². The molecule has 0 bridgehead atoms. The maximum Gasteiger partial charge on any atom is 0.124 e. The van der Waals surface area contributed by atoms with Gasteiger partial charge in [0.1, 0.15) is 6.11 Å². The van der Waals surface area contributed by atoms with E-state index in [1.165, 1.54) is 7.11 Å². The van der Waals surface area contributed by atoms with Crippen LogP contribution in [0.3, 0.4) is 0 Å². The zero-order valence-corrected chi connectivity index (χ0v) is 6.79. The molecule has 0 atom stereocenters. The van der Waals surface area contributed by atoms with Gasteiger partial charge in [0.25, 0.3) is 0 Å². The summed E-state index contributed by atoms with van der Waals surface area (Å²) in [4.78, 5) is 0. The average Bonchev–Trinajstić information content (AvgIpc) is 2.14. The van der Waals surface area contributed by atoms with Crippen molar-refractivity contribution in [1.29, 1.82) is 0 Å². The van der Waals surface area contributed by atoms with Crippen LogP contribution in [0.4, 0.5) is 0 Å². The van der Waals surface area contributed by atoms with Crippen LogP contribution < -0.4 is 0 Å². The van der Waals surface area contributed by atoms with E-state index in [2.05, 4.69) is 28.6 Å². The average molecular weight is 156 g/mol. The lowest BCUT2D eigenvalue weighted by Crippen LogP contribution is -1.69. The van der Waals surface area contributed by atoms with Crippen LogP contribution in [0.5, 0.6) is 0 Å². The number of hydrogen-bond acceptors (Lipinski definition) is 1. The van der Waals surface area contributed by atoms with Gasteiger partial charge in [0.2, 0.25) is 0 Å². The third kappa shape index (κ3) is 2.82. The van der Waals surface area contributed by atoms with Crippen LogP contribution in [0.1, 0.15) is 5.56 Å². The van der Waals surface area contributed by atoms with Crippen molar-refractivity contribution in [2.24, 2.45) is 0 Å². The van der Waals surface area contributed by atoms with Gasteiger partial charge in [-0.3, -0.25) is 0 Å². The SMILES string of the molecule is COC#CC#Cc1ccccc1. The lowest BCUT2D eigenvalue weighted by Gasteiger charge is -1.83. The third-order valence-electron chi connectivity index (χ3n) is 1.20. The van der Waals surface area contributed by atoms with Crippen molar-refractivity contribution in [3.8, 4) is 23.9 Å². The maximum absolute atomic E-state index is 4.52. The zero-order chi connectivity index (χ0) is 8.65. The van der Waals surface area contributed by atoms with Gasteiger partial charge in [-0.25, -0.2) is 0 Å². The summed E-state index contributed by atoms with van der Waals surface area (Å²) >= 11 is 0. The van der Waals surface area contributed by atoms with Crippen LogP contribution in [0.2, 0.25) is 0 Å². The first-order valence-corrected chi connectivity index (χ1v) is 3.52. The topological polar surface area (TPSA) is 9.23 Å². The molecule has 0 heterocycles. The molecule has 0 aliphatic rings. The molecule has 1 heteroatoms. The van der Waals surface area contributed by atoms with Crippen molar-refractivity contribution in [2.75, 3.05) is 7.11 Å². The lowest BCUT2D eigenvalue weighted by atomic mass is 10.2. The van der Waals surface area contributed by atoms with Crippen molar-refractivity contribution < 1.29 is 4.74 Å². The molecule has 0 saturated heterocycles. The monoisotopic (exact) mass is 156 g/mol. The Morgan fingerprint density at radius 2 is 1.83 bits per heavy atom. The summed E-state index contributed by atoms with van der Waals surface area (Å²) in [5.74, 6) is 8.09. The van der Waals surface area contributed by atoms with E-state index >= 15 is 0 Å². The first-order chi connectivity index (χ1) is 5.93. The molecule has 0 unspecified atom stereocenters. The van der Waals surface area contributed by atoms with Crippen LogP contribution >= 0.6 is 0 Å². The van der Waals surface area contributed by atoms with Crippen LogP contribution in [0, 0.1) is 23.9 Å². The molecular weight excluding hydrogens is 148 g/mol. The minimum Gasteiger partial charge on any atom is -0.449 e. The second-order valence-electron chi connectivity index (χ2n) is 2.05. The van der Waals surface area contributed by atoms with Crippen molar-refractivity contribution in [3.63, 3.8) is 0 Å². The Bertz CT molecular complexity index is 343. The molecule has 0 aliphatic heterocycles. The fourth-order valence-corrected chi connectivity index (χ4v) is 0.701. The molecule has 1 rings (SSSR count). The van der Waals surface area contributed by atoms with Gasteiger partial charge in [0.15, 0.2) is 0 Å². The van der Waals surface area contributed by atoms with Gasteiger partial charge < -0.3 is 4.74 Å². The third-order valence-corrected chi connectivity index (χ3v) is 1.20. The van der Waals surface area contributed by atoms with Gasteiger partial charge in [-0.15, -0.1) is 0 Å². The standard InChI is InChI=1S/C11H8O/c1-12-10-6-5-9-11-7-3-2-4-8-11/h2-4,7-8H,1H3. The second kappa shape index (κ2) is 4.88. The molecule has 0 amide bonds. The summed E-state index contributed by atoms with van der Waals surface area (Å²) in [5.41, 5.74) is 0.961.